The van der Waals surface area contributed by atoms with Gasteiger partial charge in [0.1, 0.15) is 0 Å². The number of nitrogens with one attached hydrogen (secondary N) is 1. The van der Waals surface area contributed by atoms with Crippen LogP contribution >= 0.6 is 0 Å². The van der Waals surface area contributed by atoms with Crippen LogP contribution in [0, 0.1) is 5.53 Å². The highest BCUT2D eigenvalue weighted by atomic mass is 16.5. The number of hydrogen-bond acceptors (Lipinski definition) is 3. The molecule has 0 spiro atoms. The van der Waals surface area contributed by atoms with Gasteiger partial charge in [-0.05, 0) is 12.8 Å². The van der Waals surface area contributed by atoms with Crippen molar-refractivity contribution in [3.8, 4) is 0 Å². The molecule has 0 bridgehead atoms. The van der Waals surface area contributed by atoms with Gasteiger partial charge >= 0.3 is 0 Å². The van der Waals surface area contributed by atoms with Crippen LogP contribution in [0.1, 0.15) is 12.8 Å². The standard InChI is InChI=1S/C5H10N2O/c6-7-4-5-2-1-3-8-5/h5-6H,1-4H2. The molecule has 0 aromatic carbocycles. The fourth-order valence-corrected chi connectivity index (χ4v) is 0.890. The second kappa shape index (κ2) is 2.77. The Morgan fingerprint density at radius 3 is 3.12 bits per heavy atom. The van der Waals surface area contributed by atoms with Crippen molar-refractivity contribution >= 4 is 0 Å². The van der Waals surface area contributed by atoms with Gasteiger partial charge in [-0.1, -0.05) is 0 Å². The molecule has 1 aliphatic heterocycles. The molecule has 8 heavy (non-hydrogen) atoms. The zero-order chi connectivity index (χ0) is 5.82. The zero-order valence-corrected chi connectivity index (χ0v) is 4.76. The maximum absolute atomic E-state index is 6.51. The predicted molar refractivity (Wildman–Crippen MR) is 29.0 cm³/mol. The summed E-state index contributed by atoms with van der Waals surface area (Å²) in [5, 5.41) is 3.24. The second-order valence-corrected chi connectivity index (χ2v) is 1.98. The van der Waals surface area contributed by atoms with Crippen LogP contribution in [0.3, 0.4) is 0 Å². The van der Waals surface area contributed by atoms with Gasteiger partial charge in [-0.2, -0.15) is 5.11 Å². The van der Waals surface area contributed by atoms with E-state index in [1.54, 1.807) is 0 Å². The molecule has 1 saturated heterocycles. The molecule has 1 rings (SSSR count). The van der Waals surface area contributed by atoms with E-state index in [0.717, 1.165) is 19.4 Å². The first kappa shape index (κ1) is 5.69. The van der Waals surface area contributed by atoms with E-state index in [2.05, 4.69) is 5.11 Å². The van der Waals surface area contributed by atoms with E-state index in [4.69, 9.17) is 10.3 Å². The molecule has 0 radical (unpaired) electrons. The van der Waals surface area contributed by atoms with Gasteiger partial charge in [-0.3, -0.25) is 0 Å². The van der Waals surface area contributed by atoms with Gasteiger partial charge in [0, 0.05) is 6.61 Å². The molecule has 46 valence electrons. The van der Waals surface area contributed by atoms with Crippen molar-refractivity contribution in [3.05, 3.63) is 0 Å². The minimum absolute atomic E-state index is 0.257. The Kier molecular flexibility index (Phi) is 1.97. The van der Waals surface area contributed by atoms with E-state index in [1.807, 2.05) is 0 Å². The van der Waals surface area contributed by atoms with Crippen molar-refractivity contribution in [2.75, 3.05) is 13.2 Å². The summed E-state index contributed by atoms with van der Waals surface area (Å²) in [5.74, 6) is 0. The summed E-state index contributed by atoms with van der Waals surface area (Å²) in [5.41, 5.74) is 6.51. The molecule has 0 amide bonds. The molecular formula is C5H10N2O. The number of hydrogen-bond donors (Lipinski definition) is 1. The van der Waals surface area contributed by atoms with Crippen LogP contribution in [0.25, 0.3) is 0 Å². The van der Waals surface area contributed by atoms with Crippen molar-refractivity contribution in [2.24, 2.45) is 5.11 Å². The Hall–Kier alpha value is -0.440. The summed E-state index contributed by atoms with van der Waals surface area (Å²) >= 11 is 0. The molecule has 3 heteroatoms. The smallest absolute Gasteiger partial charge is 0.0858 e. The number of rotatable bonds is 2. The van der Waals surface area contributed by atoms with Crippen LogP contribution in [0.5, 0.6) is 0 Å². The fraction of sp³-hybridized carbons (Fsp3) is 1.00. The van der Waals surface area contributed by atoms with E-state index in [1.165, 1.54) is 0 Å². The zero-order valence-electron chi connectivity index (χ0n) is 4.76. The third kappa shape index (κ3) is 1.26. The third-order valence-corrected chi connectivity index (χ3v) is 1.32. The number of nitrogens with zero attached hydrogens (tertiary/aromatic N) is 1. The molecule has 1 heterocycles. The lowest BCUT2D eigenvalue weighted by Gasteiger charge is -2.00. The van der Waals surface area contributed by atoms with Gasteiger partial charge in [-0.25, -0.2) is 5.53 Å². The SMILES string of the molecule is N=NCC1CCCO1. The summed E-state index contributed by atoms with van der Waals surface area (Å²) in [4.78, 5) is 0. The Balaban J connectivity index is 2.14. The molecular weight excluding hydrogens is 104 g/mol. The first-order valence-electron chi connectivity index (χ1n) is 2.88. The molecule has 0 aromatic heterocycles. The minimum atomic E-state index is 0.257. The Morgan fingerprint density at radius 1 is 1.75 bits per heavy atom. The van der Waals surface area contributed by atoms with Crippen molar-refractivity contribution in [3.63, 3.8) is 0 Å². The average molecular weight is 114 g/mol. The van der Waals surface area contributed by atoms with Gasteiger partial charge in [0.05, 0.1) is 12.6 Å². The van der Waals surface area contributed by atoms with Gasteiger partial charge in [0.15, 0.2) is 0 Å². The lowest BCUT2D eigenvalue weighted by atomic mass is 10.2. The lowest BCUT2D eigenvalue weighted by Crippen LogP contribution is -2.07. The van der Waals surface area contributed by atoms with Crippen LogP contribution < -0.4 is 0 Å². The molecule has 1 unspecified atom stereocenters. The molecule has 1 fully saturated rings. The largest absolute Gasteiger partial charge is 0.376 e. The summed E-state index contributed by atoms with van der Waals surface area (Å²) in [6.45, 7) is 1.42. The fourth-order valence-electron chi connectivity index (χ4n) is 0.890. The molecule has 0 aromatic rings. The Morgan fingerprint density at radius 2 is 2.62 bits per heavy atom. The predicted octanol–water partition coefficient (Wildman–Crippen LogP) is 1.20. The van der Waals surface area contributed by atoms with E-state index < -0.39 is 0 Å². The molecule has 1 N–H and O–H groups in total. The highest BCUT2D eigenvalue weighted by Gasteiger charge is 2.13. The molecule has 1 atom stereocenters. The lowest BCUT2D eigenvalue weighted by molar-refractivity contribution is 0.116. The van der Waals surface area contributed by atoms with Gasteiger partial charge in [-0.15, -0.1) is 0 Å². The second-order valence-electron chi connectivity index (χ2n) is 1.98. The third-order valence-electron chi connectivity index (χ3n) is 1.32. The van der Waals surface area contributed by atoms with Crippen LogP contribution in [-0.4, -0.2) is 19.3 Å². The normalized spacial score (nSPS) is 28.2. The number of ether oxygens (including phenoxy) is 1. The van der Waals surface area contributed by atoms with Crippen molar-refractivity contribution < 1.29 is 4.74 Å². The highest BCUT2D eigenvalue weighted by Crippen LogP contribution is 2.11. The summed E-state index contributed by atoms with van der Waals surface area (Å²) in [7, 11) is 0. The van der Waals surface area contributed by atoms with E-state index in [-0.39, 0.29) is 6.10 Å². The molecule has 0 aliphatic carbocycles. The molecule has 1 aliphatic rings. The monoisotopic (exact) mass is 114 g/mol. The Labute approximate surface area is 48.5 Å². The van der Waals surface area contributed by atoms with E-state index in [0.29, 0.717) is 6.54 Å². The summed E-state index contributed by atoms with van der Waals surface area (Å²) in [6, 6.07) is 0. The molecule has 3 nitrogen and oxygen atoms in total. The Bertz CT molecular complexity index is 78.5. The average Bonchev–Trinajstić information content (AvgIpc) is 2.19. The van der Waals surface area contributed by atoms with Crippen LogP contribution in [0.2, 0.25) is 0 Å². The van der Waals surface area contributed by atoms with Gasteiger partial charge in [0.2, 0.25) is 0 Å². The van der Waals surface area contributed by atoms with Crippen molar-refractivity contribution in [1.82, 2.24) is 0 Å². The topological polar surface area (TPSA) is 45.4 Å². The van der Waals surface area contributed by atoms with Crippen molar-refractivity contribution in [2.45, 2.75) is 18.9 Å². The van der Waals surface area contributed by atoms with Crippen molar-refractivity contribution in [1.29, 1.82) is 5.53 Å². The van der Waals surface area contributed by atoms with Crippen LogP contribution in [0.4, 0.5) is 0 Å². The maximum atomic E-state index is 6.51. The highest BCUT2D eigenvalue weighted by molar-refractivity contribution is 4.64. The first-order valence-corrected chi connectivity index (χ1v) is 2.88. The van der Waals surface area contributed by atoms with Gasteiger partial charge in [0.25, 0.3) is 0 Å². The maximum Gasteiger partial charge on any atom is 0.0858 e. The molecule has 0 saturated carbocycles. The summed E-state index contributed by atoms with van der Waals surface area (Å²) < 4.78 is 5.18. The first-order chi connectivity index (χ1) is 3.93. The quantitative estimate of drug-likeness (QED) is 0.538. The van der Waals surface area contributed by atoms with Crippen LogP contribution in [0.15, 0.2) is 5.11 Å². The van der Waals surface area contributed by atoms with Gasteiger partial charge < -0.3 is 4.74 Å². The van der Waals surface area contributed by atoms with E-state index >= 15 is 0 Å². The summed E-state index contributed by atoms with van der Waals surface area (Å²) in [6.07, 6.45) is 2.48. The van der Waals surface area contributed by atoms with E-state index in [9.17, 15) is 0 Å². The minimum Gasteiger partial charge on any atom is -0.376 e. The van der Waals surface area contributed by atoms with Crippen LogP contribution in [-0.2, 0) is 4.74 Å².